The molecule has 6 nitrogen and oxygen atoms in total. The SMILES string of the molecule is O=C(Nc1ccccc1C(=O)c1ccccc1)c1cccc(N2CCCCS2(=O)=O)c1. The number of anilines is 2. The third kappa shape index (κ3) is 4.51. The Labute approximate surface area is 181 Å². The van der Waals surface area contributed by atoms with Gasteiger partial charge in [0.1, 0.15) is 0 Å². The quantitative estimate of drug-likeness (QED) is 0.613. The van der Waals surface area contributed by atoms with Crippen molar-refractivity contribution < 1.29 is 18.0 Å². The van der Waals surface area contributed by atoms with Crippen molar-refractivity contribution >= 4 is 33.1 Å². The highest BCUT2D eigenvalue weighted by molar-refractivity contribution is 7.92. The molecule has 1 N–H and O–H groups in total. The Kier molecular flexibility index (Phi) is 5.86. The molecule has 0 bridgehead atoms. The van der Waals surface area contributed by atoms with Gasteiger partial charge in [0.15, 0.2) is 5.78 Å². The number of carbonyl (C=O) groups excluding carboxylic acids is 2. The molecule has 0 aliphatic carbocycles. The first-order valence-electron chi connectivity index (χ1n) is 10.1. The summed E-state index contributed by atoms with van der Waals surface area (Å²) in [6, 6.07) is 22.2. The van der Waals surface area contributed by atoms with Crippen LogP contribution >= 0.6 is 0 Å². The normalized spacial score (nSPS) is 15.3. The van der Waals surface area contributed by atoms with E-state index in [9.17, 15) is 18.0 Å². The molecule has 3 aromatic rings. The molecule has 0 atom stereocenters. The second-order valence-corrected chi connectivity index (χ2v) is 9.35. The molecular formula is C24H22N2O4S. The number of rotatable bonds is 5. The summed E-state index contributed by atoms with van der Waals surface area (Å²) in [5.74, 6) is -0.493. The van der Waals surface area contributed by atoms with Gasteiger partial charge in [0, 0.05) is 23.2 Å². The predicted molar refractivity (Wildman–Crippen MR) is 121 cm³/mol. The van der Waals surface area contributed by atoms with Gasteiger partial charge in [-0.15, -0.1) is 0 Å². The fourth-order valence-electron chi connectivity index (χ4n) is 3.61. The van der Waals surface area contributed by atoms with Gasteiger partial charge in [-0.1, -0.05) is 48.5 Å². The van der Waals surface area contributed by atoms with E-state index in [2.05, 4.69) is 5.32 Å². The van der Waals surface area contributed by atoms with Gasteiger partial charge in [0.25, 0.3) is 5.91 Å². The van der Waals surface area contributed by atoms with Gasteiger partial charge in [-0.3, -0.25) is 13.9 Å². The lowest BCUT2D eigenvalue weighted by Crippen LogP contribution is -2.37. The fraction of sp³-hybridized carbons (Fsp3) is 0.167. The van der Waals surface area contributed by atoms with Crippen molar-refractivity contribution in [2.75, 3.05) is 21.9 Å². The van der Waals surface area contributed by atoms with Crippen LogP contribution in [0, 0.1) is 0 Å². The van der Waals surface area contributed by atoms with Gasteiger partial charge in [-0.2, -0.15) is 0 Å². The Morgan fingerprint density at radius 3 is 2.29 bits per heavy atom. The van der Waals surface area contributed by atoms with Crippen LogP contribution in [0.2, 0.25) is 0 Å². The van der Waals surface area contributed by atoms with Gasteiger partial charge in [0.05, 0.1) is 17.1 Å². The number of benzene rings is 3. The van der Waals surface area contributed by atoms with Crippen LogP contribution in [0.4, 0.5) is 11.4 Å². The van der Waals surface area contributed by atoms with E-state index >= 15 is 0 Å². The molecule has 0 unspecified atom stereocenters. The summed E-state index contributed by atoms with van der Waals surface area (Å²) >= 11 is 0. The molecule has 0 spiro atoms. The van der Waals surface area contributed by atoms with Crippen LogP contribution in [-0.4, -0.2) is 32.4 Å². The van der Waals surface area contributed by atoms with Crippen molar-refractivity contribution in [3.63, 3.8) is 0 Å². The topological polar surface area (TPSA) is 83.6 Å². The molecule has 1 aliphatic heterocycles. The summed E-state index contributed by atoms with van der Waals surface area (Å²) in [7, 11) is -3.37. The van der Waals surface area contributed by atoms with Crippen LogP contribution in [0.5, 0.6) is 0 Å². The molecule has 158 valence electrons. The van der Waals surface area contributed by atoms with Crippen molar-refractivity contribution in [1.29, 1.82) is 0 Å². The van der Waals surface area contributed by atoms with E-state index in [-0.39, 0.29) is 11.5 Å². The highest BCUT2D eigenvalue weighted by atomic mass is 32.2. The molecule has 0 saturated carbocycles. The highest BCUT2D eigenvalue weighted by Crippen LogP contribution is 2.25. The van der Waals surface area contributed by atoms with Crippen molar-refractivity contribution in [2.24, 2.45) is 0 Å². The van der Waals surface area contributed by atoms with E-state index in [1.54, 1.807) is 72.8 Å². The monoisotopic (exact) mass is 434 g/mol. The molecule has 1 aliphatic rings. The number of para-hydroxylation sites is 1. The maximum atomic E-state index is 12.9. The first-order chi connectivity index (χ1) is 15.0. The third-order valence-corrected chi connectivity index (χ3v) is 7.07. The van der Waals surface area contributed by atoms with E-state index in [4.69, 9.17) is 0 Å². The number of ketones is 1. The fourth-order valence-corrected chi connectivity index (χ4v) is 5.24. The lowest BCUT2D eigenvalue weighted by molar-refractivity contribution is 0.102. The lowest BCUT2D eigenvalue weighted by Gasteiger charge is -2.28. The summed E-state index contributed by atoms with van der Waals surface area (Å²) < 4.78 is 26.2. The van der Waals surface area contributed by atoms with Gasteiger partial charge in [-0.05, 0) is 43.2 Å². The predicted octanol–water partition coefficient (Wildman–Crippen LogP) is 4.10. The average molecular weight is 435 g/mol. The molecule has 1 saturated heterocycles. The van der Waals surface area contributed by atoms with Gasteiger partial charge < -0.3 is 5.32 Å². The Balaban J connectivity index is 1.59. The van der Waals surface area contributed by atoms with Gasteiger partial charge in [0.2, 0.25) is 10.0 Å². The van der Waals surface area contributed by atoms with Crippen LogP contribution in [0.25, 0.3) is 0 Å². The number of nitrogens with one attached hydrogen (secondary N) is 1. The molecule has 31 heavy (non-hydrogen) atoms. The first kappa shape index (κ1) is 20.8. The van der Waals surface area contributed by atoms with E-state index in [0.717, 1.165) is 6.42 Å². The second-order valence-electron chi connectivity index (χ2n) is 7.34. The average Bonchev–Trinajstić information content (AvgIpc) is 2.79. The summed E-state index contributed by atoms with van der Waals surface area (Å²) in [4.78, 5) is 25.8. The summed E-state index contributed by atoms with van der Waals surface area (Å²) in [6.07, 6.45) is 1.43. The molecular weight excluding hydrogens is 412 g/mol. The number of hydrogen-bond donors (Lipinski definition) is 1. The van der Waals surface area contributed by atoms with Crippen LogP contribution < -0.4 is 9.62 Å². The van der Waals surface area contributed by atoms with Crippen LogP contribution in [-0.2, 0) is 10.0 Å². The van der Waals surface area contributed by atoms with E-state index in [1.807, 2.05) is 6.07 Å². The van der Waals surface area contributed by atoms with Crippen LogP contribution in [0.15, 0.2) is 78.9 Å². The third-order valence-electron chi connectivity index (χ3n) is 5.20. The largest absolute Gasteiger partial charge is 0.321 e. The molecule has 1 heterocycles. The van der Waals surface area contributed by atoms with E-state index in [1.165, 1.54) is 4.31 Å². The summed E-state index contributed by atoms with van der Waals surface area (Å²) in [5, 5.41) is 2.80. The Morgan fingerprint density at radius 2 is 1.52 bits per heavy atom. The molecule has 0 radical (unpaired) electrons. The van der Waals surface area contributed by atoms with Crippen molar-refractivity contribution in [1.82, 2.24) is 0 Å². The van der Waals surface area contributed by atoms with E-state index < -0.39 is 15.9 Å². The van der Waals surface area contributed by atoms with Crippen molar-refractivity contribution in [3.05, 3.63) is 95.6 Å². The number of hydrogen-bond acceptors (Lipinski definition) is 4. The first-order valence-corrected chi connectivity index (χ1v) is 11.7. The number of sulfonamides is 1. The minimum absolute atomic E-state index is 0.110. The molecule has 1 fully saturated rings. The van der Waals surface area contributed by atoms with Gasteiger partial charge >= 0.3 is 0 Å². The molecule has 4 rings (SSSR count). The number of amides is 1. The zero-order valence-corrected chi connectivity index (χ0v) is 17.6. The van der Waals surface area contributed by atoms with Crippen LogP contribution in [0.1, 0.15) is 39.1 Å². The van der Waals surface area contributed by atoms with Crippen molar-refractivity contribution in [3.8, 4) is 0 Å². The Bertz CT molecular complexity index is 1220. The maximum absolute atomic E-state index is 12.9. The van der Waals surface area contributed by atoms with Crippen LogP contribution in [0.3, 0.4) is 0 Å². The zero-order chi connectivity index (χ0) is 21.8. The zero-order valence-electron chi connectivity index (χ0n) is 16.8. The van der Waals surface area contributed by atoms with Gasteiger partial charge in [-0.25, -0.2) is 8.42 Å². The minimum atomic E-state index is -3.37. The molecule has 1 amide bonds. The Hall–Kier alpha value is -3.45. The minimum Gasteiger partial charge on any atom is -0.321 e. The number of carbonyl (C=O) groups is 2. The highest BCUT2D eigenvalue weighted by Gasteiger charge is 2.26. The Morgan fingerprint density at radius 1 is 0.806 bits per heavy atom. The second kappa shape index (κ2) is 8.73. The standard InChI is InChI=1S/C24H22N2O4S/c27-23(18-9-2-1-3-10-18)21-13-4-5-14-22(21)25-24(28)19-11-8-12-20(17-19)26-15-6-7-16-31(26,29)30/h1-5,8-14,17H,6-7,15-16H2,(H,25,28). The lowest BCUT2D eigenvalue weighted by atomic mass is 10.0. The molecule has 7 heteroatoms. The molecule has 3 aromatic carbocycles. The van der Waals surface area contributed by atoms with E-state index in [0.29, 0.717) is 41.0 Å². The summed E-state index contributed by atoms with van der Waals surface area (Å²) in [6.45, 7) is 0.405. The smallest absolute Gasteiger partial charge is 0.255 e. The number of nitrogens with zero attached hydrogens (tertiary/aromatic N) is 1. The maximum Gasteiger partial charge on any atom is 0.255 e. The molecule has 0 aromatic heterocycles. The van der Waals surface area contributed by atoms with Crippen molar-refractivity contribution in [2.45, 2.75) is 12.8 Å². The summed E-state index contributed by atoms with van der Waals surface area (Å²) in [5.41, 5.74) is 2.11.